The molecular weight excluding hydrogens is 164 g/mol. The van der Waals surface area contributed by atoms with E-state index in [9.17, 15) is 4.79 Å². The molecule has 1 rings (SSSR count). The standard InChI is InChI=1S/C10H14N2O/c1-4-8-6-12-9(5-7(8)2)10(13)11-3/h5-6H,4H2,1-3H3,(H,11,13). The van der Waals surface area contributed by atoms with Crippen molar-refractivity contribution in [3.05, 3.63) is 29.1 Å². The van der Waals surface area contributed by atoms with Crippen molar-refractivity contribution in [1.82, 2.24) is 10.3 Å². The number of rotatable bonds is 2. The van der Waals surface area contributed by atoms with Gasteiger partial charge < -0.3 is 5.32 Å². The van der Waals surface area contributed by atoms with Gasteiger partial charge in [0, 0.05) is 13.2 Å². The summed E-state index contributed by atoms with van der Waals surface area (Å²) in [7, 11) is 1.60. The Morgan fingerprint density at radius 2 is 2.31 bits per heavy atom. The van der Waals surface area contributed by atoms with E-state index in [1.54, 1.807) is 13.2 Å². The van der Waals surface area contributed by atoms with Crippen molar-refractivity contribution in [2.24, 2.45) is 0 Å². The number of carbonyl (C=O) groups excluding carboxylic acids is 1. The van der Waals surface area contributed by atoms with Crippen molar-refractivity contribution in [3.63, 3.8) is 0 Å². The zero-order valence-electron chi connectivity index (χ0n) is 8.22. The van der Waals surface area contributed by atoms with Gasteiger partial charge >= 0.3 is 0 Å². The summed E-state index contributed by atoms with van der Waals surface area (Å²) in [6.45, 7) is 4.07. The van der Waals surface area contributed by atoms with Crippen LogP contribution in [0.4, 0.5) is 0 Å². The van der Waals surface area contributed by atoms with E-state index in [0.717, 1.165) is 12.0 Å². The van der Waals surface area contributed by atoms with E-state index in [4.69, 9.17) is 0 Å². The maximum absolute atomic E-state index is 11.2. The van der Waals surface area contributed by atoms with Gasteiger partial charge in [0.1, 0.15) is 5.69 Å². The van der Waals surface area contributed by atoms with Crippen LogP contribution < -0.4 is 5.32 Å². The molecule has 0 saturated heterocycles. The normalized spacial score (nSPS) is 9.77. The van der Waals surface area contributed by atoms with Gasteiger partial charge in [0.25, 0.3) is 5.91 Å². The number of hydrogen-bond donors (Lipinski definition) is 1. The average Bonchev–Trinajstić information content (AvgIpc) is 2.16. The maximum atomic E-state index is 11.2. The highest BCUT2D eigenvalue weighted by atomic mass is 16.1. The minimum absolute atomic E-state index is 0.134. The monoisotopic (exact) mass is 178 g/mol. The van der Waals surface area contributed by atoms with E-state index in [1.165, 1.54) is 5.56 Å². The summed E-state index contributed by atoms with van der Waals surface area (Å²) in [4.78, 5) is 15.3. The third kappa shape index (κ3) is 2.05. The Kier molecular flexibility index (Phi) is 3.01. The molecule has 70 valence electrons. The minimum atomic E-state index is -0.134. The summed E-state index contributed by atoms with van der Waals surface area (Å²) in [5, 5.41) is 2.54. The molecule has 0 saturated carbocycles. The third-order valence-electron chi connectivity index (χ3n) is 2.06. The van der Waals surface area contributed by atoms with E-state index in [2.05, 4.69) is 17.2 Å². The first-order chi connectivity index (χ1) is 6.19. The Morgan fingerprint density at radius 1 is 1.62 bits per heavy atom. The second-order valence-electron chi connectivity index (χ2n) is 2.93. The molecule has 0 aromatic carbocycles. The molecule has 1 aromatic rings. The largest absolute Gasteiger partial charge is 0.354 e. The molecule has 13 heavy (non-hydrogen) atoms. The van der Waals surface area contributed by atoms with E-state index >= 15 is 0 Å². The predicted octanol–water partition coefficient (Wildman–Crippen LogP) is 1.31. The average molecular weight is 178 g/mol. The molecule has 3 nitrogen and oxygen atoms in total. The van der Waals surface area contributed by atoms with Gasteiger partial charge in [-0.3, -0.25) is 9.78 Å². The molecule has 0 aliphatic carbocycles. The van der Waals surface area contributed by atoms with Crippen LogP contribution in [0.3, 0.4) is 0 Å². The van der Waals surface area contributed by atoms with Crippen molar-refractivity contribution in [1.29, 1.82) is 0 Å². The Morgan fingerprint density at radius 3 is 2.77 bits per heavy atom. The number of carbonyl (C=O) groups is 1. The molecule has 1 N–H and O–H groups in total. The van der Waals surface area contributed by atoms with Crippen LogP contribution in [0.15, 0.2) is 12.3 Å². The van der Waals surface area contributed by atoms with Crippen LogP contribution in [0.25, 0.3) is 0 Å². The van der Waals surface area contributed by atoms with Crippen LogP contribution in [0, 0.1) is 6.92 Å². The van der Waals surface area contributed by atoms with Crippen LogP contribution in [-0.4, -0.2) is 17.9 Å². The number of aryl methyl sites for hydroxylation is 2. The zero-order valence-corrected chi connectivity index (χ0v) is 8.22. The van der Waals surface area contributed by atoms with Gasteiger partial charge in [0.15, 0.2) is 0 Å². The molecule has 0 spiro atoms. The lowest BCUT2D eigenvalue weighted by Crippen LogP contribution is -2.19. The molecule has 0 bridgehead atoms. The van der Waals surface area contributed by atoms with Crippen molar-refractivity contribution in [3.8, 4) is 0 Å². The quantitative estimate of drug-likeness (QED) is 0.742. The van der Waals surface area contributed by atoms with Gasteiger partial charge in [-0.25, -0.2) is 0 Å². The predicted molar refractivity (Wildman–Crippen MR) is 51.7 cm³/mol. The Labute approximate surface area is 78.2 Å². The maximum Gasteiger partial charge on any atom is 0.269 e. The summed E-state index contributed by atoms with van der Waals surface area (Å²) >= 11 is 0. The summed E-state index contributed by atoms with van der Waals surface area (Å²) in [5.41, 5.74) is 2.79. The van der Waals surface area contributed by atoms with Gasteiger partial charge in [-0.2, -0.15) is 0 Å². The number of hydrogen-bond acceptors (Lipinski definition) is 2. The van der Waals surface area contributed by atoms with Crippen LogP contribution in [0.5, 0.6) is 0 Å². The fraction of sp³-hybridized carbons (Fsp3) is 0.400. The van der Waals surface area contributed by atoms with Crippen LogP contribution in [0.2, 0.25) is 0 Å². The van der Waals surface area contributed by atoms with Crippen molar-refractivity contribution in [2.45, 2.75) is 20.3 Å². The molecule has 0 aliphatic heterocycles. The molecule has 0 unspecified atom stereocenters. The Bertz CT molecular complexity index is 321. The van der Waals surface area contributed by atoms with Gasteiger partial charge in [-0.05, 0) is 30.5 Å². The van der Waals surface area contributed by atoms with Crippen LogP contribution >= 0.6 is 0 Å². The van der Waals surface area contributed by atoms with E-state index in [1.807, 2.05) is 13.0 Å². The SMILES string of the molecule is CCc1cnc(C(=O)NC)cc1C. The highest BCUT2D eigenvalue weighted by molar-refractivity contribution is 5.92. The highest BCUT2D eigenvalue weighted by Gasteiger charge is 2.05. The molecule has 0 aliphatic rings. The van der Waals surface area contributed by atoms with Crippen molar-refractivity contribution >= 4 is 5.91 Å². The van der Waals surface area contributed by atoms with Gasteiger partial charge in [0.05, 0.1) is 0 Å². The first kappa shape index (κ1) is 9.71. The van der Waals surface area contributed by atoms with E-state index in [-0.39, 0.29) is 5.91 Å². The molecule has 1 aromatic heterocycles. The lowest BCUT2D eigenvalue weighted by molar-refractivity contribution is 0.0958. The van der Waals surface area contributed by atoms with Crippen LogP contribution in [0.1, 0.15) is 28.5 Å². The second kappa shape index (κ2) is 4.03. The first-order valence-electron chi connectivity index (χ1n) is 4.36. The summed E-state index contributed by atoms with van der Waals surface area (Å²) in [5.74, 6) is -0.134. The molecule has 0 fully saturated rings. The summed E-state index contributed by atoms with van der Waals surface area (Å²) in [6, 6.07) is 1.82. The second-order valence-corrected chi connectivity index (χ2v) is 2.93. The Balaban J connectivity index is 3.02. The molecule has 0 atom stereocenters. The molecule has 1 amide bonds. The lowest BCUT2D eigenvalue weighted by Gasteiger charge is -2.04. The Hall–Kier alpha value is -1.38. The number of nitrogens with one attached hydrogen (secondary N) is 1. The summed E-state index contributed by atoms with van der Waals surface area (Å²) < 4.78 is 0. The third-order valence-corrected chi connectivity index (χ3v) is 2.06. The van der Waals surface area contributed by atoms with E-state index < -0.39 is 0 Å². The molecule has 3 heteroatoms. The number of nitrogens with zero attached hydrogens (tertiary/aromatic N) is 1. The summed E-state index contributed by atoms with van der Waals surface area (Å²) in [6.07, 6.45) is 2.72. The molecule has 0 radical (unpaired) electrons. The van der Waals surface area contributed by atoms with Crippen molar-refractivity contribution in [2.75, 3.05) is 7.05 Å². The van der Waals surface area contributed by atoms with Gasteiger partial charge in [-0.15, -0.1) is 0 Å². The zero-order chi connectivity index (χ0) is 9.84. The topological polar surface area (TPSA) is 42.0 Å². The van der Waals surface area contributed by atoms with Crippen molar-refractivity contribution < 1.29 is 4.79 Å². The fourth-order valence-electron chi connectivity index (χ4n) is 1.21. The lowest BCUT2D eigenvalue weighted by atomic mass is 10.1. The minimum Gasteiger partial charge on any atom is -0.354 e. The number of aromatic nitrogens is 1. The van der Waals surface area contributed by atoms with Gasteiger partial charge in [-0.1, -0.05) is 6.92 Å². The highest BCUT2D eigenvalue weighted by Crippen LogP contribution is 2.08. The smallest absolute Gasteiger partial charge is 0.269 e. The fourth-order valence-corrected chi connectivity index (χ4v) is 1.21. The number of amides is 1. The van der Waals surface area contributed by atoms with Gasteiger partial charge in [0.2, 0.25) is 0 Å². The molecular formula is C10H14N2O. The molecule has 1 heterocycles. The first-order valence-corrected chi connectivity index (χ1v) is 4.36. The van der Waals surface area contributed by atoms with E-state index in [0.29, 0.717) is 5.69 Å². The number of pyridine rings is 1. The van der Waals surface area contributed by atoms with Crippen LogP contribution in [-0.2, 0) is 6.42 Å².